The van der Waals surface area contributed by atoms with Crippen LogP contribution in [0.5, 0.6) is 0 Å². The molecular formula is C21H22N4O2. The number of hydrogen-bond donors (Lipinski definition) is 3. The van der Waals surface area contributed by atoms with Gasteiger partial charge in [0.25, 0.3) is 5.91 Å². The first-order chi connectivity index (χ1) is 13.1. The maximum absolute atomic E-state index is 12.7. The number of carbonyl (C=O) groups is 2. The molecule has 0 saturated heterocycles. The van der Waals surface area contributed by atoms with E-state index < -0.39 is 6.04 Å². The first kappa shape index (κ1) is 17.3. The molecule has 0 spiro atoms. The van der Waals surface area contributed by atoms with Crippen LogP contribution in [0.15, 0.2) is 60.8 Å². The number of para-hydroxylation sites is 1. The average molecular weight is 362 g/mol. The molecular weight excluding hydrogens is 340 g/mol. The molecule has 1 unspecified atom stereocenters. The monoisotopic (exact) mass is 362 g/mol. The molecule has 6 nitrogen and oxygen atoms in total. The summed E-state index contributed by atoms with van der Waals surface area (Å²) in [5.74, 6) is -0.408. The lowest BCUT2D eigenvalue weighted by molar-refractivity contribution is -0.123. The smallest absolute Gasteiger partial charge is 0.267 e. The minimum Gasteiger partial charge on any atom is -0.352 e. The normalized spacial score (nSPS) is 14.7. The molecule has 1 aliphatic carbocycles. The molecule has 2 aromatic carbocycles. The minimum atomic E-state index is -0.647. The average Bonchev–Trinajstić information content (AvgIpc) is 3.44. The number of amides is 2. The van der Waals surface area contributed by atoms with Gasteiger partial charge in [-0.2, -0.15) is 0 Å². The molecule has 4 rings (SSSR count). The summed E-state index contributed by atoms with van der Waals surface area (Å²) < 4.78 is 1.92. The van der Waals surface area contributed by atoms with Crippen LogP contribution in [0.1, 0.15) is 34.8 Å². The number of hydrazine groups is 1. The third kappa shape index (κ3) is 3.71. The van der Waals surface area contributed by atoms with Crippen molar-refractivity contribution in [3.05, 3.63) is 71.9 Å². The van der Waals surface area contributed by atoms with Gasteiger partial charge in [0.15, 0.2) is 0 Å². The van der Waals surface area contributed by atoms with Crippen molar-refractivity contribution in [3.8, 4) is 0 Å². The molecule has 1 saturated carbocycles. The molecule has 3 aromatic rings. The van der Waals surface area contributed by atoms with E-state index in [1.807, 2.05) is 66.2 Å². The largest absolute Gasteiger partial charge is 0.352 e. The van der Waals surface area contributed by atoms with Gasteiger partial charge in [-0.15, -0.1) is 0 Å². The van der Waals surface area contributed by atoms with E-state index in [4.69, 9.17) is 0 Å². The highest BCUT2D eigenvalue weighted by Gasteiger charge is 2.28. The fourth-order valence-corrected chi connectivity index (χ4v) is 3.19. The van der Waals surface area contributed by atoms with Crippen molar-refractivity contribution in [1.82, 2.24) is 20.7 Å². The Morgan fingerprint density at radius 1 is 1.04 bits per heavy atom. The molecule has 2 amide bonds. The van der Waals surface area contributed by atoms with Crippen LogP contribution in [0, 0.1) is 0 Å². The molecule has 6 heteroatoms. The number of aryl methyl sites for hydroxylation is 1. The predicted molar refractivity (Wildman–Crippen MR) is 104 cm³/mol. The van der Waals surface area contributed by atoms with E-state index in [0.717, 1.165) is 29.3 Å². The van der Waals surface area contributed by atoms with Crippen LogP contribution in [0.3, 0.4) is 0 Å². The summed E-state index contributed by atoms with van der Waals surface area (Å²) in [6, 6.07) is 16.7. The van der Waals surface area contributed by atoms with Crippen LogP contribution < -0.4 is 16.2 Å². The maximum atomic E-state index is 12.7. The number of carbonyl (C=O) groups excluding carboxylic acids is 2. The highest BCUT2D eigenvalue weighted by atomic mass is 16.2. The molecule has 138 valence electrons. The van der Waals surface area contributed by atoms with Gasteiger partial charge >= 0.3 is 0 Å². The Bertz CT molecular complexity index is 976. The fraction of sp³-hybridized carbons (Fsp3) is 0.238. The number of rotatable bonds is 6. The molecule has 1 atom stereocenters. The van der Waals surface area contributed by atoms with Gasteiger partial charge in [-0.25, -0.2) is 5.43 Å². The zero-order chi connectivity index (χ0) is 18.8. The lowest BCUT2D eigenvalue weighted by Crippen LogP contribution is -2.46. The molecule has 27 heavy (non-hydrogen) atoms. The Labute approximate surface area is 157 Å². The van der Waals surface area contributed by atoms with E-state index in [-0.39, 0.29) is 17.9 Å². The molecule has 0 radical (unpaired) electrons. The van der Waals surface area contributed by atoms with Gasteiger partial charge in [0.2, 0.25) is 5.91 Å². The highest BCUT2D eigenvalue weighted by molar-refractivity contribution is 6.06. The summed E-state index contributed by atoms with van der Waals surface area (Å²) in [4.78, 5) is 25.4. The van der Waals surface area contributed by atoms with E-state index in [2.05, 4.69) is 16.2 Å². The topological polar surface area (TPSA) is 75.2 Å². The highest BCUT2D eigenvalue weighted by Crippen LogP contribution is 2.22. The Morgan fingerprint density at radius 3 is 2.48 bits per heavy atom. The van der Waals surface area contributed by atoms with Gasteiger partial charge in [0, 0.05) is 30.2 Å². The summed E-state index contributed by atoms with van der Waals surface area (Å²) in [6.07, 6.45) is 3.81. The standard InChI is InChI=1S/C21H22N4O2/c1-25-13-17(16-9-5-6-10-18(16)25)20(26)24-23-19(14-7-3-2-4-8-14)21(27)22-15-11-12-15/h2-10,13,15,19,23H,11-12H2,1H3,(H,22,27)(H,24,26). The van der Waals surface area contributed by atoms with Crippen LogP contribution in [-0.4, -0.2) is 22.4 Å². The van der Waals surface area contributed by atoms with E-state index in [1.165, 1.54) is 0 Å². The lowest BCUT2D eigenvalue weighted by atomic mass is 10.1. The van der Waals surface area contributed by atoms with Crippen molar-refractivity contribution < 1.29 is 9.59 Å². The van der Waals surface area contributed by atoms with E-state index >= 15 is 0 Å². The zero-order valence-electron chi connectivity index (χ0n) is 15.1. The molecule has 1 fully saturated rings. The first-order valence-corrected chi connectivity index (χ1v) is 9.09. The first-order valence-electron chi connectivity index (χ1n) is 9.09. The summed E-state index contributed by atoms with van der Waals surface area (Å²) in [6.45, 7) is 0. The lowest BCUT2D eigenvalue weighted by Gasteiger charge is -2.19. The SMILES string of the molecule is Cn1cc(C(=O)NNC(C(=O)NC2CC2)c2ccccc2)c2ccccc21. The van der Waals surface area contributed by atoms with Crippen LogP contribution >= 0.6 is 0 Å². The third-order valence-corrected chi connectivity index (χ3v) is 4.79. The second kappa shape index (κ2) is 7.25. The summed E-state index contributed by atoms with van der Waals surface area (Å²) in [7, 11) is 1.91. The Balaban J connectivity index is 1.52. The van der Waals surface area contributed by atoms with Crippen molar-refractivity contribution in [1.29, 1.82) is 0 Å². The molecule has 1 aliphatic rings. The van der Waals surface area contributed by atoms with Crippen molar-refractivity contribution in [3.63, 3.8) is 0 Å². The molecule has 1 aromatic heterocycles. The molecule has 3 N–H and O–H groups in total. The maximum Gasteiger partial charge on any atom is 0.267 e. The number of benzene rings is 2. The summed E-state index contributed by atoms with van der Waals surface area (Å²) in [5.41, 5.74) is 7.98. The number of aromatic nitrogens is 1. The van der Waals surface area contributed by atoms with Crippen LogP contribution in [0.4, 0.5) is 0 Å². The van der Waals surface area contributed by atoms with Crippen molar-refractivity contribution >= 4 is 22.7 Å². The van der Waals surface area contributed by atoms with Crippen LogP contribution in [0.25, 0.3) is 10.9 Å². The Morgan fingerprint density at radius 2 is 1.74 bits per heavy atom. The van der Waals surface area contributed by atoms with E-state index in [1.54, 1.807) is 6.20 Å². The second-order valence-corrected chi connectivity index (χ2v) is 6.90. The van der Waals surface area contributed by atoms with Gasteiger partial charge in [0.1, 0.15) is 6.04 Å². The van der Waals surface area contributed by atoms with Gasteiger partial charge in [-0.05, 0) is 24.5 Å². The van der Waals surface area contributed by atoms with Gasteiger partial charge in [-0.1, -0.05) is 48.5 Å². The van der Waals surface area contributed by atoms with Crippen molar-refractivity contribution in [2.24, 2.45) is 7.05 Å². The quantitative estimate of drug-likeness (QED) is 0.590. The Hall–Kier alpha value is -3.12. The molecule has 0 aliphatic heterocycles. The Kier molecular flexibility index (Phi) is 4.64. The number of nitrogens with one attached hydrogen (secondary N) is 3. The van der Waals surface area contributed by atoms with Gasteiger partial charge in [0.05, 0.1) is 5.56 Å². The fourth-order valence-electron chi connectivity index (χ4n) is 3.19. The minimum absolute atomic E-state index is 0.137. The number of fused-ring (bicyclic) bond motifs is 1. The van der Waals surface area contributed by atoms with Crippen molar-refractivity contribution in [2.45, 2.75) is 24.9 Å². The van der Waals surface area contributed by atoms with Gasteiger partial charge < -0.3 is 9.88 Å². The second-order valence-electron chi connectivity index (χ2n) is 6.90. The molecule has 0 bridgehead atoms. The zero-order valence-corrected chi connectivity index (χ0v) is 15.1. The summed E-state index contributed by atoms with van der Waals surface area (Å²) >= 11 is 0. The molecule has 1 heterocycles. The predicted octanol–water partition coefficient (Wildman–Crippen LogP) is 2.43. The number of nitrogens with zero attached hydrogens (tertiary/aromatic N) is 1. The summed E-state index contributed by atoms with van der Waals surface area (Å²) in [5, 5.41) is 3.87. The van der Waals surface area contributed by atoms with E-state index in [0.29, 0.717) is 5.56 Å². The van der Waals surface area contributed by atoms with Gasteiger partial charge in [-0.3, -0.25) is 15.0 Å². The third-order valence-electron chi connectivity index (χ3n) is 4.79. The van der Waals surface area contributed by atoms with Crippen LogP contribution in [-0.2, 0) is 11.8 Å². The van der Waals surface area contributed by atoms with Crippen molar-refractivity contribution in [2.75, 3.05) is 0 Å². The number of hydrogen-bond acceptors (Lipinski definition) is 3. The van der Waals surface area contributed by atoms with E-state index in [9.17, 15) is 9.59 Å². The van der Waals surface area contributed by atoms with Crippen LogP contribution in [0.2, 0.25) is 0 Å².